The molecule has 3 nitrogen and oxygen atoms in total. The molecule has 1 rings (SSSR count). The second kappa shape index (κ2) is 5.81. The fourth-order valence-electron chi connectivity index (χ4n) is 1.41. The van der Waals surface area contributed by atoms with Crippen molar-refractivity contribution in [1.29, 1.82) is 0 Å². The molecule has 80 valence electrons. The summed E-state index contributed by atoms with van der Waals surface area (Å²) in [5, 5.41) is 7.71. The van der Waals surface area contributed by atoms with Crippen molar-refractivity contribution in [2.24, 2.45) is 5.92 Å². The van der Waals surface area contributed by atoms with Crippen LogP contribution in [0.3, 0.4) is 0 Å². The van der Waals surface area contributed by atoms with E-state index in [1.54, 1.807) is 0 Å². The Bertz CT molecular complexity index is 253. The van der Waals surface area contributed by atoms with E-state index >= 15 is 0 Å². The summed E-state index contributed by atoms with van der Waals surface area (Å²) in [5.74, 6) is 0.706. The molecule has 1 heterocycles. The standard InChI is InChI=1S/C11H21N3/c1-4-7-14-11(5-6-13-14)9-12-8-10(2)3/h5-6,10,12H,4,7-9H2,1-3H3. The molecule has 0 aliphatic carbocycles. The van der Waals surface area contributed by atoms with Crippen LogP contribution in [-0.4, -0.2) is 16.3 Å². The lowest BCUT2D eigenvalue weighted by molar-refractivity contribution is 0.514. The Morgan fingerprint density at radius 2 is 2.29 bits per heavy atom. The highest BCUT2D eigenvalue weighted by molar-refractivity contribution is 4.99. The van der Waals surface area contributed by atoms with Crippen molar-refractivity contribution in [2.45, 2.75) is 40.3 Å². The van der Waals surface area contributed by atoms with Crippen molar-refractivity contribution in [1.82, 2.24) is 15.1 Å². The maximum atomic E-state index is 4.28. The molecule has 0 amide bonds. The Balaban J connectivity index is 2.37. The van der Waals surface area contributed by atoms with Gasteiger partial charge in [0, 0.05) is 19.3 Å². The number of rotatable bonds is 6. The van der Waals surface area contributed by atoms with Gasteiger partial charge in [0.2, 0.25) is 0 Å². The first-order chi connectivity index (χ1) is 6.74. The molecule has 14 heavy (non-hydrogen) atoms. The van der Waals surface area contributed by atoms with Crippen LogP contribution in [0, 0.1) is 5.92 Å². The molecule has 1 aromatic rings. The summed E-state index contributed by atoms with van der Waals surface area (Å²) in [7, 11) is 0. The summed E-state index contributed by atoms with van der Waals surface area (Å²) < 4.78 is 2.08. The Labute approximate surface area is 86.5 Å². The second-order valence-corrected chi connectivity index (χ2v) is 4.07. The van der Waals surface area contributed by atoms with Crippen LogP contribution < -0.4 is 5.32 Å². The maximum Gasteiger partial charge on any atom is 0.0522 e. The highest BCUT2D eigenvalue weighted by Crippen LogP contribution is 2.00. The number of hydrogen-bond acceptors (Lipinski definition) is 2. The van der Waals surface area contributed by atoms with Crippen LogP contribution in [0.5, 0.6) is 0 Å². The number of hydrogen-bond donors (Lipinski definition) is 1. The largest absolute Gasteiger partial charge is 0.311 e. The summed E-state index contributed by atoms with van der Waals surface area (Å²) in [4.78, 5) is 0. The van der Waals surface area contributed by atoms with Gasteiger partial charge in [-0.05, 0) is 24.9 Å². The predicted octanol–water partition coefficient (Wildman–Crippen LogP) is 2.04. The average Bonchev–Trinajstić information content (AvgIpc) is 2.53. The summed E-state index contributed by atoms with van der Waals surface area (Å²) in [6, 6.07) is 2.09. The van der Waals surface area contributed by atoms with Gasteiger partial charge in [-0.2, -0.15) is 5.10 Å². The number of aryl methyl sites for hydroxylation is 1. The lowest BCUT2D eigenvalue weighted by Gasteiger charge is -2.09. The fourth-order valence-corrected chi connectivity index (χ4v) is 1.41. The molecule has 0 atom stereocenters. The molecule has 0 spiro atoms. The third-order valence-electron chi connectivity index (χ3n) is 2.10. The highest BCUT2D eigenvalue weighted by atomic mass is 15.3. The van der Waals surface area contributed by atoms with E-state index in [1.165, 1.54) is 5.69 Å². The lowest BCUT2D eigenvalue weighted by Crippen LogP contribution is -2.21. The van der Waals surface area contributed by atoms with Crippen LogP contribution in [0.1, 0.15) is 32.9 Å². The molecule has 0 unspecified atom stereocenters. The van der Waals surface area contributed by atoms with E-state index in [2.05, 4.69) is 41.9 Å². The second-order valence-electron chi connectivity index (χ2n) is 4.07. The minimum absolute atomic E-state index is 0.706. The van der Waals surface area contributed by atoms with Crippen LogP contribution in [0.15, 0.2) is 12.3 Å². The topological polar surface area (TPSA) is 29.9 Å². The summed E-state index contributed by atoms with van der Waals surface area (Å²) in [5.41, 5.74) is 1.28. The van der Waals surface area contributed by atoms with Crippen LogP contribution in [0.25, 0.3) is 0 Å². The van der Waals surface area contributed by atoms with Crippen LogP contribution in [-0.2, 0) is 13.1 Å². The first kappa shape index (κ1) is 11.2. The molecule has 0 bridgehead atoms. The highest BCUT2D eigenvalue weighted by Gasteiger charge is 2.00. The molecular formula is C11H21N3. The normalized spacial score (nSPS) is 11.1. The monoisotopic (exact) mass is 195 g/mol. The molecule has 1 aromatic heterocycles. The third kappa shape index (κ3) is 3.50. The first-order valence-corrected chi connectivity index (χ1v) is 5.45. The first-order valence-electron chi connectivity index (χ1n) is 5.45. The van der Waals surface area contributed by atoms with E-state index in [-0.39, 0.29) is 0 Å². The molecule has 0 aliphatic heterocycles. The van der Waals surface area contributed by atoms with E-state index in [4.69, 9.17) is 0 Å². The van der Waals surface area contributed by atoms with Gasteiger partial charge in [-0.15, -0.1) is 0 Å². The zero-order valence-corrected chi connectivity index (χ0v) is 9.45. The van der Waals surface area contributed by atoms with Gasteiger partial charge in [-0.25, -0.2) is 0 Å². The van der Waals surface area contributed by atoms with E-state index < -0.39 is 0 Å². The van der Waals surface area contributed by atoms with Crippen molar-refractivity contribution < 1.29 is 0 Å². The van der Waals surface area contributed by atoms with Gasteiger partial charge >= 0.3 is 0 Å². The van der Waals surface area contributed by atoms with Gasteiger partial charge in [-0.1, -0.05) is 20.8 Å². The van der Waals surface area contributed by atoms with E-state index in [0.29, 0.717) is 5.92 Å². The molecule has 0 aliphatic rings. The molecule has 0 saturated heterocycles. The smallest absolute Gasteiger partial charge is 0.0522 e. The van der Waals surface area contributed by atoms with Gasteiger partial charge in [0.15, 0.2) is 0 Å². The molecule has 1 N–H and O–H groups in total. The molecule has 0 saturated carbocycles. The zero-order valence-electron chi connectivity index (χ0n) is 9.45. The van der Waals surface area contributed by atoms with Crippen molar-refractivity contribution in [3.8, 4) is 0 Å². The fraction of sp³-hybridized carbons (Fsp3) is 0.727. The van der Waals surface area contributed by atoms with Crippen LogP contribution in [0.4, 0.5) is 0 Å². The van der Waals surface area contributed by atoms with Crippen molar-refractivity contribution in [3.63, 3.8) is 0 Å². The third-order valence-corrected chi connectivity index (χ3v) is 2.10. The van der Waals surface area contributed by atoms with Crippen molar-refractivity contribution in [2.75, 3.05) is 6.54 Å². The van der Waals surface area contributed by atoms with E-state index in [0.717, 1.165) is 26.1 Å². The quantitative estimate of drug-likeness (QED) is 0.752. The molecule has 3 heteroatoms. The number of aromatic nitrogens is 2. The molecule has 0 fully saturated rings. The minimum Gasteiger partial charge on any atom is -0.311 e. The molecule has 0 radical (unpaired) electrons. The van der Waals surface area contributed by atoms with Crippen LogP contribution in [0.2, 0.25) is 0 Å². The minimum atomic E-state index is 0.706. The maximum absolute atomic E-state index is 4.28. The SMILES string of the molecule is CCCn1nccc1CNCC(C)C. The summed E-state index contributed by atoms with van der Waals surface area (Å²) >= 11 is 0. The van der Waals surface area contributed by atoms with Gasteiger partial charge in [-0.3, -0.25) is 4.68 Å². The summed E-state index contributed by atoms with van der Waals surface area (Å²) in [6.45, 7) is 9.63. The average molecular weight is 195 g/mol. The predicted molar refractivity (Wildman–Crippen MR) is 59.1 cm³/mol. The Hall–Kier alpha value is -0.830. The van der Waals surface area contributed by atoms with Crippen molar-refractivity contribution in [3.05, 3.63) is 18.0 Å². The van der Waals surface area contributed by atoms with Crippen LogP contribution >= 0.6 is 0 Å². The van der Waals surface area contributed by atoms with E-state index in [1.807, 2.05) is 6.20 Å². The number of nitrogens with zero attached hydrogens (tertiary/aromatic N) is 2. The Morgan fingerprint density at radius 1 is 1.50 bits per heavy atom. The molecule has 0 aromatic carbocycles. The Morgan fingerprint density at radius 3 is 2.93 bits per heavy atom. The molecular weight excluding hydrogens is 174 g/mol. The summed E-state index contributed by atoms with van der Waals surface area (Å²) in [6.07, 6.45) is 3.01. The zero-order chi connectivity index (χ0) is 10.4. The van der Waals surface area contributed by atoms with Crippen molar-refractivity contribution >= 4 is 0 Å². The van der Waals surface area contributed by atoms with Gasteiger partial charge < -0.3 is 5.32 Å². The van der Waals surface area contributed by atoms with Gasteiger partial charge in [0.05, 0.1) is 5.69 Å². The Kier molecular flexibility index (Phi) is 4.66. The number of nitrogens with one attached hydrogen (secondary N) is 1. The van der Waals surface area contributed by atoms with E-state index in [9.17, 15) is 0 Å². The van der Waals surface area contributed by atoms with Gasteiger partial charge in [0.25, 0.3) is 0 Å². The van der Waals surface area contributed by atoms with Gasteiger partial charge in [0.1, 0.15) is 0 Å². The lowest BCUT2D eigenvalue weighted by atomic mass is 10.2.